The molecule has 2 aliphatic heterocycles. The molecule has 1 spiro atoms. The molecule has 4 fully saturated rings. The molecule has 3 aromatic rings. The molecule has 2 saturated heterocycles. The van der Waals surface area contributed by atoms with Crippen molar-refractivity contribution in [3.63, 3.8) is 0 Å². The van der Waals surface area contributed by atoms with Crippen LogP contribution in [-0.2, 0) is 22.7 Å². The van der Waals surface area contributed by atoms with Crippen molar-refractivity contribution in [2.45, 2.75) is 71.1 Å². The van der Waals surface area contributed by atoms with Gasteiger partial charge in [-0.1, -0.05) is 62.2 Å². The Kier molecular flexibility index (Phi) is 6.48. The molecule has 4 heterocycles. The number of carbonyl (C=O) groups excluding carboxylic acids is 2. The van der Waals surface area contributed by atoms with Gasteiger partial charge in [-0.3, -0.25) is 14.3 Å². The van der Waals surface area contributed by atoms with Gasteiger partial charge in [-0.2, -0.15) is 10.1 Å². The summed E-state index contributed by atoms with van der Waals surface area (Å²) in [4.78, 5) is 35.4. The van der Waals surface area contributed by atoms with E-state index in [1.165, 1.54) is 12.8 Å². The first-order valence-corrected chi connectivity index (χ1v) is 14.9. The highest BCUT2D eigenvalue weighted by molar-refractivity contribution is 5.94. The van der Waals surface area contributed by atoms with E-state index in [2.05, 4.69) is 24.1 Å². The van der Waals surface area contributed by atoms with Crippen LogP contribution in [0.5, 0.6) is 0 Å². The number of hydrogen-bond donors (Lipinski definition) is 0. The largest absolute Gasteiger partial charge is 0.368 e. The van der Waals surface area contributed by atoms with E-state index in [9.17, 15) is 9.59 Å². The number of likely N-dealkylation sites (tertiary alicyclic amines) is 2. The molecule has 0 N–H and O–H groups in total. The number of rotatable bonds is 8. The van der Waals surface area contributed by atoms with Crippen molar-refractivity contribution in [2.24, 2.45) is 16.7 Å². The van der Waals surface area contributed by atoms with Crippen LogP contribution in [0.15, 0.2) is 47.2 Å². The summed E-state index contributed by atoms with van der Waals surface area (Å²) in [6, 6.07) is 10.1. The molecule has 2 atom stereocenters. The minimum Gasteiger partial charge on any atom is -0.368 e. The van der Waals surface area contributed by atoms with Crippen LogP contribution in [-0.4, -0.2) is 73.8 Å². The van der Waals surface area contributed by atoms with Gasteiger partial charge in [-0.25, -0.2) is 0 Å². The highest BCUT2D eigenvalue weighted by Gasteiger charge is 2.61. The number of hydrogen-bond acceptors (Lipinski definition) is 7. The number of ether oxygens (including phenoxy) is 1. The van der Waals surface area contributed by atoms with Crippen molar-refractivity contribution in [1.82, 2.24) is 29.7 Å². The average molecular weight is 559 g/mol. The number of aromatic nitrogens is 4. The maximum absolute atomic E-state index is 13.7. The van der Waals surface area contributed by atoms with Crippen LogP contribution in [0.3, 0.4) is 0 Å². The smallest absolute Gasteiger partial charge is 0.257 e. The lowest BCUT2D eigenvalue weighted by Gasteiger charge is -2.50. The predicted molar refractivity (Wildman–Crippen MR) is 149 cm³/mol. The topological polar surface area (TPSA) is 107 Å². The first-order valence-electron chi connectivity index (χ1n) is 14.9. The van der Waals surface area contributed by atoms with Gasteiger partial charge in [-0.05, 0) is 30.2 Å². The summed E-state index contributed by atoms with van der Waals surface area (Å²) in [7, 11) is 0. The van der Waals surface area contributed by atoms with Crippen molar-refractivity contribution < 1.29 is 18.8 Å². The normalized spacial score (nSPS) is 24.6. The molecule has 0 radical (unpaired) electrons. The van der Waals surface area contributed by atoms with Gasteiger partial charge in [0.15, 0.2) is 5.82 Å². The van der Waals surface area contributed by atoms with Crippen LogP contribution in [0.4, 0.5) is 0 Å². The molecule has 2 aliphatic carbocycles. The molecule has 2 saturated carbocycles. The molecular weight excluding hydrogens is 520 g/mol. The molecule has 4 aliphatic rings. The Bertz CT molecular complexity index is 1420. The van der Waals surface area contributed by atoms with Crippen LogP contribution in [0.1, 0.15) is 79.5 Å². The minimum atomic E-state index is -0.294. The highest BCUT2D eigenvalue weighted by Crippen LogP contribution is 2.55. The zero-order valence-electron chi connectivity index (χ0n) is 23.9. The van der Waals surface area contributed by atoms with Gasteiger partial charge in [0.1, 0.15) is 6.61 Å². The van der Waals surface area contributed by atoms with E-state index in [-0.39, 0.29) is 40.6 Å². The first-order chi connectivity index (χ1) is 19.8. The fourth-order valence-corrected chi connectivity index (χ4v) is 7.00. The van der Waals surface area contributed by atoms with Crippen LogP contribution in [0.2, 0.25) is 0 Å². The first kappa shape index (κ1) is 26.4. The number of amides is 2. The molecule has 2 amide bonds. The van der Waals surface area contributed by atoms with Crippen molar-refractivity contribution in [1.29, 1.82) is 0 Å². The Morgan fingerprint density at radius 1 is 1.07 bits per heavy atom. The van der Waals surface area contributed by atoms with Crippen molar-refractivity contribution in [3.8, 4) is 0 Å². The summed E-state index contributed by atoms with van der Waals surface area (Å²) in [5.41, 5.74) is 1.47. The van der Waals surface area contributed by atoms with Crippen LogP contribution < -0.4 is 0 Å². The molecule has 10 nitrogen and oxygen atoms in total. The maximum atomic E-state index is 13.7. The van der Waals surface area contributed by atoms with Crippen LogP contribution in [0, 0.1) is 16.7 Å². The zero-order valence-corrected chi connectivity index (χ0v) is 23.9. The number of nitrogens with zero attached hydrogens (tertiary/aromatic N) is 6. The van der Waals surface area contributed by atoms with Gasteiger partial charge in [-0.15, -0.1) is 0 Å². The van der Waals surface area contributed by atoms with E-state index in [4.69, 9.17) is 14.2 Å². The Labute approximate surface area is 240 Å². The molecule has 41 heavy (non-hydrogen) atoms. The third kappa shape index (κ3) is 5.07. The summed E-state index contributed by atoms with van der Waals surface area (Å²) in [5.74, 6) is 1.21. The van der Waals surface area contributed by atoms with Crippen molar-refractivity contribution in [2.75, 3.05) is 26.2 Å². The summed E-state index contributed by atoms with van der Waals surface area (Å²) in [6.07, 6.45) is 9.21. The second kappa shape index (κ2) is 10.1. The summed E-state index contributed by atoms with van der Waals surface area (Å²) in [5, 5.41) is 8.80. The minimum absolute atomic E-state index is 0.0624. The number of benzene rings is 1. The second-order valence-corrected chi connectivity index (χ2v) is 13.2. The van der Waals surface area contributed by atoms with Gasteiger partial charge in [0.05, 0.1) is 30.3 Å². The summed E-state index contributed by atoms with van der Waals surface area (Å²) < 4.78 is 13.4. The average Bonchev–Trinajstić information content (AvgIpc) is 3.58. The van der Waals surface area contributed by atoms with E-state index in [0.717, 1.165) is 24.8 Å². The monoisotopic (exact) mass is 558 g/mol. The molecule has 1 aromatic carbocycles. The Morgan fingerprint density at radius 3 is 2.54 bits per heavy atom. The lowest BCUT2D eigenvalue weighted by Crippen LogP contribution is -2.62. The predicted octanol–water partition coefficient (Wildman–Crippen LogP) is 3.89. The van der Waals surface area contributed by atoms with Crippen molar-refractivity contribution in [3.05, 3.63) is 65.6 Å². The molecular formula is C31H38N6O4. The van der Waals surface area contributed by atoms with Gasteiger partial charge >= 0.3 is 0 Å². The SMILES string of the molecule is CC1(C)C[C@@H]1C(=O)N1CC2(CN(C(=O)c3cnn(Cc4ccccc4)c3)CC2c2noc(COC3CCCC3)n2)C1. The fraction of sp³-hybridized carbons (Fsp3) is 0.581. The van der Waals surface area contributed by atoms with Gasteiger partial charge in [0.2, 0.25) is 5.91 Å². The molecule has 7 rings (SSSR count). The lowest BCUT2D eigenvalue weighted by atomic mass is 9.71. The van der Waals surface area contributed by atoms with Crippen LogP contribution in [0.25, 0.3) is 0 Å². The lowest BCUT2D eigenvalue weighted by molar-refractivity contribution is -0.145. The van der Waals surface area contributed by atoms with Gasteiger partial charge < -0.3 is 19.1 Å². The molecule has 216 valence electrons. The number of carbonyl (C=O) groups is 2. The molecule has 2 aromatic heterocycles. The van der Waals surface area contributed by atoms with Crippen LogP contribution >= 0.6 is 0 Å². The van der Waals surface area contributed by atoms with E-state index >= 15 is 0 Å². The van der Waals surface area contributed by atoms with E-state index in [1.54, 1.807) is 10.9 Å². The molecule has 10 heteroatoms. The van der Waals surface area contributed by atoms with Crippen molar-refractivity contribution >= 4 is 11.8 Å². The van der Waals surface area contributed by atoms with Gasteiger partial charge in [0, 0.05) is 43.7 Å². The fourth-order valence-electron chi connectivity index (χ4n) is 7.00. The Balaban J connectivity index is 1.07. The molecule has 1 unspecified atom stereocenters. The Hall–Kier alpha value is -3.53. The van der Waals surface area contributed by atoms with Gasteiger partial charge in [0.25, 0.3) is 11.8 Å². The van der Waals surface area contributed by atoms with E-state index in [1.807, 2.05) is 46.3 Å². The standard InChI is InChI=1S/C31H38N6O4/c1-30(2)12-24(30)29(39)36-19-31(20-36)18-35(28(38)22-13-32-37(15-22)14-21-8-4-3-5-9-21)16-25(31)27-33-26(41-34-27)17-40-23-10-6-7-11-23/h3-5,8-9,13,15,23-25H,6-7,10-12,14,16-20H2,1-2H3/t24-,25?/m1/s1. The third-order valence-corrected chi connectivity index (χ3v) is 9.68. The third-order valence-electron chi connectivity index (χ3n) is 9.68. The quantitative estimate of drug-likeness (QED) is 0.413. The maximum Gasteiger partial charge on any atom is 0.257 e. The van der Waals surface area contributed by atoms with E-state index < -0.39 is 0 Å². The zero-order chi connectivity index (χ0) is 28.2. The summed E-state index contributed by atoms with van der Waals surface area (Å²) >= 11 is 0. The Morgan fingerprint density at radius 2 is 1.80 bits per heavy atom. The van der Waals surface area contributed by atoms with E-state index in [0.29, 0.717) is 56.6 Å². The second-order valence-electron chi connectivity index (χ2n) is 13.2. The molecule has 0 bridgehead atoms. The summed E-state index contributed by atoms with van der Waals surface area (Å²) in [6.45, 7) is 7.42. The highest BCUT2D eigenvalue weighted by atomic mass is 16.5.